The van der Waals surface area contributed by atoms with E-state index in [1.54, 1.807) is 6.20 Å². The summed E-state index contributed by atoms with van der Waals surface area (Å²) < 4.78 is 0. The minimum absolute atomic E-state index is 0.195. The molecule has 1 aliphatic rings. The largest absolute Gasteiger partial charge is 0.480 e. The minimum atomic E-state index is -0.914. The molecule has 0 radical (unpaired) electrons. The maximum Gasteiger partial charge on any atom is 0.326 e. The molecule has 0 bridgehead atoms. The highest BCUT2D eigenvalue weighted by Crippen LogP contribution is 2.22. The molecule has 1 amide bonds. The molecule has 6 heteroatoms. The van der Waals surface area contributed by atoms with Gasteiger partial charge in [-0.1, -0.05) is 6.92 Å². The maximum atomic E-state index is 12.3. The molecule has 98 valence electrons. The second-order valence-corrected chi connectivity index (χ2v) is 5.44. The van der Waals surface area contributed by atoms with Crippen molar-refractivity contribution in [2.75, 3.05) is 6.54 Å². The number of aliphatic carboxylic acids is 1. The van der Waals surface area contributed by atoms with Crippen LogP contribution >= 0.6 is 11.3 Å². The standard InChI is InChI=1S/C12H16N2O3S/c1-2-10-13-7-9(18-10)11(15)14-6-4-3-5-8(14)12(16)17/h7-8H,2-6H2,1H3,(H,16,17)/t8-/m1/s1. The van der Waals surface area contributed by atoms with E-state index >= 15 is 0 Å². The van der Waals surface area contributed by atoms with E-state index in [9.17, 15) is 9.59 Å². The van der Waals surface area contributed by atoms with Crippen LogP contribution in [0.1, 0.15) is 40.9 Å². The molecule has 1 N–H and O–H groups in total. The highest BCUT2D eigenvalue weighted by Gasteiger charge is 2.33. The Kier molecular flexibility index (Phi) is 3.96. The predicted octanol–water partition coefficient (Wildman–Crippen LogP) is 1.78. The van der Waals surface area contributed by atoms with Gasteiger partial charge in [-0.3, -0.25) is 4.79 Å². The SMILES string of the molecule is CCc1ncc(C(=O)N2CCCC[C@@H]2C(=O)O)s1. The number of piperidine rings is 1. The van der Waals surface area contributed by atoms with E-state index in [4.69, 9.17) is 5.11 Å². The van der Waals surface area contributed by atoms with Gasteiger partial charge < -0.3 is 10.0 Å². The average Bonchev–Trinajstić information content (AvgIpc) is 2.86. The molecule has 0 unspecified atom stereocenters. The summed E-state index contributed by atoms with van der Waals surface area (Å²) in [6.07, 6.45) is 4.62. The van der Waals surface area contributed by atoms with Gasteiger partial charge in [0.1, 0.15) is 10.9 Å². The Morgan fingerprint density at radius 3 is 2.94 bits per heavy atom. The van der Waals surface area contributed by atoms with Gasteiger partial charge in [-0.2, -0.15) is 0 Å². The lowest BCUT2D eigenvalue weighted by Crippen LogP contribution is -2.47. The lowest BCUT2D eigenvalue weighted by Gasteiger charge is -2.32. The lowest BCUT2D eigenvalue weighted by atomic mass is 10.0. The van der Waals surface area contributed by atoms with Crippen LogP contribution in [0.25, 0.3) is 0 Å². The molecule has 0 aromatic carbocycles. The number of hydrogen-bond donors (Lipinski definition) is 1. The number of thiazole rings is 1. The first-order valence-corrected chi connectivity index (χ1v) is 6.93. The quantitative estimate of drug-likeness (QED) is 0.907. The zero-order chi connectivity index (χ0) is 13.1. The molecule has 1 aromatic heterocycles. The third-order valence-electron chi connectivity index (χ3n) is 3.12. The number of likely N-dealkylation sites (tertiary alicyclic amines) is 1. The van der Waals surface area contributed by atoms with Crippen molar-refractivity contribution in [1.29, 1.82) is 0 Å². The number of amides is 1. The van der Waals surface area contributed by atoms with Gasteiger partial charge >= 0.3 is 5.97 Å². The smallest absolute Gasteiger partial charge is 0.326 e. The highest BCUT2D eigenvalue weighted by atomic mass is 32.1. The molecule has 0 aliphatic carbocycles. The Bertz CT molecular complexity index is 458. The fraction of sp³-hybridized carbons (Fsp3) is 0.583. The molecule has 1 atom stereocenters. The van der Waals surface area contributed by atoms with E-state index in [1.165, 1.54) is 16.2 Å². The molecular weight excluding hydrogens is 252 g/mol. The van der Waals surface area contributed by atoms with E-state index < -0.39 is 12.0 Å². The van der Waals surface area contributed by atoms with Gasteiger partial charge in [0, 0.05) is 6.54 Å². The molecule has 5 nitrogen and oxygen atoms in total. The first-order chi connectivity index (χ1) is 8.63. The topological polar surface area (TPSA) is 70.5 Å². The third kappa shape index (κ3) is 2.53. The summed E-state index contributed by atoms with van der Waals surface area (Å²) in [4.78, 5) is 29.6. The Morgan fingerprint density at radius 2 is 2.33 bits per heavy atom. The van der Waals surface area contributed by atoms with E-state index in [1.807, 2.05) is 6.92 Å². The number of carbonyl (C=O) groups excluding carboxylic acids is 1. The van der Waals surface area contributed by atoms with Gasteiger partial charge in [0.2, 0.25) is 0 Å². The van der Waals surface area contributed by atoms with Crippen molar-refractivity contribution >= 4 is 23.2 Å². The fourth-order valence-electron chi connectivity index (χ4n) is 2.15. The summed E-state index contributed by atoms with van der Waals surface area (Å²) in [6, 6.07) is -0.682. The van der Waals surface area contributed by atoms with Gasteiger partial charge in [0.15, 0.2) is 0 Å². The highest BCUT2D eigenvalue weighted by molar-refractivity contribution is 7.13. The van der Waals surface area contributed by atoms with E-state index in [0.29, 0.717) is 17.8 Å². The summed E-state index contributed by atoms with van der Waals surface area (Å²) >= 11 is 1.35. The Labute approximate surface area is 109 Å². The number of aryl methyl sites for hydroxylation is 1. The van der Waals surface area contributed by atoms with Crippen LogP contribution < -0.4 is 0 Å². The number of carboxylic acid groups (broad SMARTS) is 1. The number of nitrogens with zero attached hydrogens (tertiary/aromatic N) is 2. The zero-order valence-electron chi connectivity index (χ0n) is 10.3. The molecule has 0 spiro atoms. The van der Waals surface area contributed by atoms with Crippen LogP contribution in [0.5, 0.6) is 0 Å². The Morgan fingerprint density at radius 1 is 1.56 bits per heavy atom. The number of carbonyl (C=O) groups is 2. The second kappa shape index (κ2) is 5.48. The summed E-state index contributed by atoms with van der Waals surface area (Å²) in [6.45, 7) is 2.50. The normalized spacial score (nSPS) is 19.8. The monoisotopic (exact) mass is 268 g/mol. The van der Waals surface area contributed by atoms with Crippen molar-refractivity contribution in [3.8, 4) is 0 Å². The summed E-state index contributed by atoms with van der Waals surface area (Å²) in [7, 11) is 0. The van der Waals surface area contributed by atoms with Crippen LogP contribution in [0, 0.1) is 0 Å². The first-order valence-electron chi connectivity index (χ1n) is 6.12. The summed E-state index contributed by atoms with van der Waals surface area (Å²) in [5.41, 5.74) is 0. The number of hydrogen-bond acceptors (Lipinski definition) is 4. The second-order valence-electron chi connectivity index (χ2n) is 4.32. The Balaban J connectivity index is 2.17. The minimum Gasteiger partial charge on any atom is -0.480 e. The van der Waals surface area contributed by atoms with Crippen LogP contribution in [-0.4, -0.2) is 39.5 Å². The molecule has 18 heavy (non-hydrogen) atoms. The van der Waals surface area contributed by atoms with Crippen molar-refractivity contribution in [1.82, 2.24) is 9.88 Å². The van der Waals surface area contributed by atoms with Crippen molar-refractivity contribution in [2.45, 2.75) is 38.6 Å². The van der Waals surface area contributed by atoms with E-state index in [0.717, 1.165) is 24.3 Å². The predicted molar refractivity (Wildman–Crippen MR) is 67.8 cm³/mol. The van der Waals surface area contributed by atoms with Crippen molar-refractivity contribution in [3.63, 3.8) is 0 Å². The van der Waals surface area contributed by atoms with Crippen molar-refractivity contribution < 1.29 is 14.7 Å². The van der Waals surface area contributed by atoms with Crippen molar-refractivity contribution in [3.05, 3.63) is 16.1 Å². The van der Waals surface area contributed by atoms with Gasteiger partial charge in [-0.15, -0.1) is 11.3 Å². The molecule has 1 aromatic rings. The third-order valence-corrected chi connectivity index (χ3v) is 4.25. The van der Waals surface area contributed by atoms with Gasteiger partial charge in [0.05, 0.1) is 11.2 Å². The molecule has 1 saturated heterocycles. The van der Waals surface area contributed by atoms with Crippen molar-refractivity contribution in [2.24, 2.45) is 0 Å². The summed E-state index contributed by atoms with van der Waals surface area (Å²) in [5, 5.41) is 10.1. The zero-order valence-corrected chi connectivity index (χ0v) is 11.1. The lowest BCUT2D eigenvalue weighted by molar-refractivity contribution is -0.143. The molecule has 2 rings (SSSR count). The van der Waals surface area contributed by atoms with Crippen LogP contribution in [0.15, 0.2) is 6.20 Å². The first kappa shape index (κ1) is 13.0. The fourth-order valence-corrected chi connectivity index (χ4v) is 2.96. The van der Waals surface area contributed by atoms with E-state index in [2.05, 4.69) is 4.98 Å². The maximum absolute atomic E-state index is 12.3. The van der Waals surface area contributed by atoms with Gasteiger partial charge in [-0.25, -0.2) is 9.78 Å². The van der Waals surface area contributed by atoms with Crippen LogP contribution in [0.3, 0.4) is 0 Å². The number of rotatable bonds is 3. The molecular formula is C12H16N2O3S. The average molecular weight is 268 g/mol. The van der Waals surface area contributed by atoms with Crippen LogP contribution in [-0.2, 0) is 11.2 Å². The molecule has 2 heterocycles. The van der Waals surface area contributed by atoms with Gasteiger partial charge in [-0.05, 0) is 25.7 Å². The Hall–Kier alpha value is -1.43. The van der Waals surface area contributed by atoms with Crippen LogP contribution in [0.4, 0.5) is 0 Å². The van der Waals surface area contributed by atoms with Crippen LogP contribution in [0.2, 0.25) is 0 Å². The molecule has 0 saturated carbocycles. The molecule has 1 aliphatic heterocycles. The van der Waals surface area contributed by atoms with E-state index in [-0.39, 0.29) is 5.91 Å². The van der Waals surface area contributed by atoms with Gasteiger partial charge in [0.25, 0.3) is 5.91 Å². The number of carboxylic acids is 1. The number of aromatic nitrogens is 1. The summed E-state index contributed by atoms with van der Waals surface area (Å²) in [5.74, 6) is -1.11. The molecule has 1 fully saturated rings.